The van der Waals surface area contributed by atoms with Gasteiger partial charge in [0.15, 0.2) is 0 Å². The first-order valence-electron chi connectivity index (χ1n) is 8.79. The number of nitrogens with zero attached hydrogens (tertiary/aromatic N) is 3. The van der Waals surface area contributed by atoms with Crippen molar-refractivity contribution in [3.05, 3.63) is 48.2 Å². The van der Waals surface area contributed by atoms with Crippen LogP contribution < -0.4 is 4.90 Å². The minimum absolute atomic E-state index is 0.0347. The van der Waals surface area contributed by atoms with Crippen LogP contribution in [-0.4, -0.2) is 54.2 Å². The van der Waals surface area contributed by atoms with E-state index in [-0.39, 0.29) is 11.5 Å². The van der Waals surface area contributed by atoms with E-state index in [0.29, 0.717) is 31.0 Å². The summed E-state index contributed by atoms with van der Waals surface area (Å²) in [5, 5.41) is 0. The lowest BCUT2D eigenvalue weighted by Crippen LogP contribution is -2.60. The molecule has 0 aliphatic carbocycles. The molecule has 1 spiro atoms. The molecule has 0 N–H and O–H groups in total. The predicted molar refractivity (Wildman–Crippen MR) is 93.7 cm³/mol. The summed E-state index contributed by atoms with van der Waals surface area (Å²) in [6, 6.07) is 5.78. The summed E-state index contributed by atoms with van der Waals surface area (Å²) in [6.45, 7) is 5.42. The van der Waals surface area contributed by atoms with Crippen molar-refractivity contribution in [1.29, 1.82) is 0 Å². The molecule has 0 saturated carbocycles. The maximum Gasteiger partial charge on any atom is 0.257 e. The van der Waals surface area contributed by atoms with E-state index in [1.807, 2.05) is 24.1 Å². The molecule has 0 aromatic carbocycles. The van der Waals surface area contributed by atoms with Crippen molar-refractivity contribution in [1.82, 2.24) is 9.88 Å². The number of carbonyl (C=O) groups excluding carboxylic acids is 1. The van der Waals surface area contributed by atoms with Crippen molar-refractivity contribution in [2.24, 2.45) is 0 Å². The summed E-state index contributed by atoms with van der Waals surface area (Å²) in [5.74, 6) is 0.707. The Bertz CT molecular complexity index is 741. The van der Waals surface area contributed by atoms with Gasteiger partial charge in [0.2, 0.25) is 0 Å². The number of hydrogen-bond acceptors (Lipinski definition) is 5. The van der Waals surface area contributed by atoms with Crippen molar-refractivity contribution < 1.29 is 13.9 Å². The first kappa shape index (κ1) is 16.1. The van der Waals surface area contributed by atoms with Crippen molar-refractivity contribution in [2.45, 2.75) is 25.4 Å². The Hall–Kier alpha value is -2.34. The van der Waals surface area contributed by atoms with Crippen LogP contribution in [0.1, 0.15) is 29.0 Å². The van der Waals surface area contributed by atoms with E-state index >= 15 is 0 Å². The molecule has 4 rings (SSSR count). The van der Waals surface area contributed by atoms with E-state index < -0.39 is 0 Å². The summed E-state index contributed by atoms with van der Waals surface area (Å²) >= 11 is 0. The molecule has 4 heterocycles. The number of amides is 1. The van der Waals surface area contributed by atoms with Gasteiger partial charge in [0.25, 0.3) is 5.91 Å². The van der Waals surface area contributed by atoms with Gasteiger partial charge >= 0.3 is 0 Å². The van der Waals surface area contributed by atoms with E-state index in [2.05, 4.69) is 16.0 Å². The minimum Gasteiger partial charge on any atom is -0.469 e. The quantitative estimate of drug-likeness (QED) is 0.840. The molecule has 6 nitrogen and oxygen atoms in total. The number of pyridine rings is 1. The molecule has 2 saturated heterocycles. The van der Waals surface area contributed by atoms with Gasteiger partial charge in [-0.3, -0.25) is 9.78 Å². The van der Waals surface area contributed by atoms with Crippen LogP contribution in [0.15, 0.2) is 41.3 Å². The normalized spacial score (nSPS) is 23.9. The highest BCUT2D eigenvalue weighted by molar-refractivity contribution is 5.95. The fourth-order valence-corrected chi connectivity index (χ4v) is 3.90. The summed E-state index contributed by atoms with van der Waals surface area (Å²) in [4.78, 5) is 21.3. The van der Waals surface area contributed by atoms with Crippen LogP contribution in [0, 0.1) is 6.92 Å². The number of furan rings is 1. The third-order valence-electron chi connectivity index (χ3n) is 5.18. The third kappa shape index (κ3) is 3.14. The van der Waals surface area contributed by atoms with Gasteiger partial charge in [-0.25, -0.2) is 0 Å². The number of hydrogen-bond donors (Lipinski definition) is 0. The van der Waals surface area contributed by atoms with Crippen LogP contribution >= 0.6 is 0 Å². The zero-order chi connectivity index (χ0) is 17.3. The highest BCUT2D eigenvalue weighted by Gasteiger charge is 2.42. The van der Waals surface area contributed by atoms with Crippen LogP contribution in [0.25, 0.3) is 0 Å². The Labute approximate surface area is 147 Å². The molecular weight excluding hydrogens is 318 g/mol. The van der Waals surface area contributed by atoms with Gasteiger partial charge in [0.1, 0.15) is 11.4 Å². The number of carbonyl (C=O) groups is 1. The minimum atomic E-state index is -0.306. The Morgan fingerprint density at radius 1 is 1.28 bits per heavy atom. The van der Waals surface area contributed by atoms with Gasteiger partial charge < -0.3 is 19.0 Å². The highest BCUT2D eigenvalue weighted by Crippen LogP contribution is 2.32. The maximum atomic E-state index is 12.8. The fraction of sp³-hybridized carbons (Fsp3) is 0.474. The van der Waals surface area contributed by atoms with E-state index in [1.54, 1.807) is 18.5 Å². The number of ether oxygens (including phenoxy) is 1. The molecule has 0 radical (unpaired) electrons. The van der Waals surface area contributed by atoms with Crippen LogP contribution in [0.3, 0.4) is 0 Å². The van der Waals surface area contributed by atoms with E-state index in [0.717, 1.165) is 31.6 Å². The Kier molecular flexibility index (Phi) is 4.21. The smallest absolute Gasteiger partial charge is 0.257 e. The maximum absolute atomic E-state index is 12.8. The van der Waals surface area contributed by atoms with Gasteiger partial charge in [0.05, 0.1) is 36.9 Å². The molecule has 0 unspecified atom stereocenters. The lowest BCUT2D eigenvalue weighted by Gasteiger charge is -2.48. The second kappa shape index (κ2) is 6.52. The molecule has 0 bridgehead atoms. The summed E-state index contributed by atoms with van der Waals surface area (Å²) in [5.41, 5.74) is 1.45. The monoisotopic (exact) mass is 341 g/mol. The molecule has 2 fully saturated rings. The van der Waals surface area contributed by atoms with Crippen molar-refractivity contribution in [3.63, 3.8) is 0 Å². The van der Waals surface area contributed by atoms with Gasteiger partial charge in [0, 0.05) is 25.8 Å². The average Bonchev–Trinajstić information content (AvgIpc) is 3.08. The van der Waals surface area contributed by atoms with Gasteiger partial charge in [-0.2, -0.15) is 0 Å². The molecule has 1 atom stereocenters. The van der Waals surface area contributed by atoms with Crippen molar-refractivity contribution in [2.75, 3.05) is 37.7 Å². The van der Waals surface area contributed by atoms with Crippen molar-refractivity contribution in [3.8, 4) is 0 Å². The molecule has 2 aromatic rings. The second-order valence-electron chi connectivity index (χ2n) is 6.88. The van der Waals surface area contributed by atoms with Gasteiger partial charge in [-0.15, -0.1) is 0 Å². The molecule has 2 aliphatic rings. The zero-order valence-corrected chi connectivity index (χ0v) is 14.5. The van der Waals surface area contributed by atoms with Crippen LogP contribution in [0.4, 0.5) is 5.69 Å². The fourth-order valence-electron chi connectivity index (χ4n) is 3.90. The van der Waals surface area contributed by atoms with Gasteiger partial charge in [-0.05, 0) is 38.0 Å². The number of aromatic nitrogens is 1. The van der Waals surface area contributed by atoms with Gasteiger partial charge in [-0.1, -0.05) is 0 Å². The Balaban J connectivity index is 1.51. The number of morpholine rings is 1. The molecule has 25 heavy (non-hydrogen) atoms. The predicted octanol–water partition coefficient (Wildman–Crippen LogP) is 2.49. The van der Waals surface area contributed by atoms with E-state index in [1.165, 1.54) is 0 Å². The van der Waals surface area contributed by atoms with E-state index in [9.17, 15) is 4.79 Å². The molecule has 1 amide bonds. The summed E-state index contributed by atoms with van der Waals surface area (Å²) in [6.07, 6.45) is 7.26. The van der Waals surface area contributed by atoms with Crippen LogP contribution in [-0.2, 0) is 4.74 Å². The summed E-state index contributed by atoms with van der Waals surface area (Å²) in [7, 11) is 0. The number of piperidine rings is 1. The standard InChI is InChI=1S/C19H23N3O3/c1-15-17(5-10-24-15)18(23)22-9-11-25-19(14-22)6-3-8-21(13-19)16-4-2-7-20-12-16/h2,4-5,7,10,12H,3,6,8-9,11,13-14H2,1H3/t19-/m1/s1. The average molecular weight is 341 g/mol. The summed E-state index contributed by atoms with van der Waals surface area (Å²) < 4.78 is 11.5. The first-order valence-corrected chi connectivity index (χ1v) is 8.79. The SMILES string of the molecule is Cc1occc1C(=O)N1CCO[C@@]2(CCCN(c3cccnc3)C2)C1. The van der Waals surface area contributed by atoms with Crippen LogP contribution in [0.5, 0.6) is 0 Å². The Morgan fingerprint density at radius 3 is 2.96 bits per heavy atom. The van der Waals surface area contributed by atoms with E-state index in [4.69, 9.17) is 9.15 Å². The lowest BCUT2D eigenvalue weighted by molar-refractivity contribution is -0.105. The molecule has 132 valence electrons. The lowest BCUT2D eigenvalue weighted by atomic mass is 9.90. The largest absolute Gasteiger partial charge is 0.469 e. The highest BCUT2D eigenvalue weighted by atomic mass is 16.5. The number of aryl methyl sites for hydroxylation is 1. The molecule has 2 aliphatic heterocycles. The third-order valence-corrected chi connectivity index (χ3v) is 5.18. The molecular formula is C19H23N3O3. The molecule has 6 heteroatoms. The number of rotatable bonds is 2. The van der Waals surface area contributed by atoms with Crippen molar-refractivity contribution >= 4 is 11.6 Å². The first-order chi connectivity index (χ1) is 12.2. The topological polar surface area (TPSA) is 58.8 Å². The number of anilines is 1. The zero-order valence-electron chi connectivity index (χ0n) is 14.5. The Morgan fingerprint density at radius 2 is 2.20 bits per heavy atom. The van der Waals surface area contributed by atoms with Crippen LogP contribution in [0.2, 0.25) is 0 Å². The second-order valence-corrected chi connectivity index (χ2v) is 6.88. The molecule has 2 aromatic heterocycles.